The van der Waals surface area contributed by atoms with Crippen molar-refractivity contribution in [2.24, 2.45) is 0 Å². The molecule has 0 amide bonds. The monoisotopic (exact) mass is 367 g/mol. The molecule has 0 saturated heterocycles. The maximum atomic E-state index is 12.2. The average Bonchev–Trinajstić information content (AvgIpc) is 2.98. The van der Waals surface area contributed by atoms with Gasteiger partial charge in [-0.1, -0.05) is 43.7 Å². The molecule has 132 valence electrons. The average molecular weight is 368 g/mol. The third-order valence-electron chi connectivity index (χ3n) is 3.76. The first kappa shape index (κ1) is 19.1. The minimum Gasteiger partial charge on any atom is -0.298 e. The van der Waals surface area contributed by atoms with Crippen LogP contribution in [0.2, 0.25) is 0 Å². The summed E-state index contributed by atoms with van der Waals surface area (Å²) >= 11 is 1.50. The lowest BCUT2D eigenvalue weighted by Gasteiger charge is -2.15. The molecule has 2 rings (SSSR count). The second-order valence-corrected chi connectivity index (χ2v) is 8.51. The van der Waals surface area contributed by atoms with E-state index in [-0.39, 0.29) is 12.3 Å². The summed E-state index contributed by atoms with van der Waals surface area (Å²) in [5.41, 5.74) is 2.85. The van der Waals surface area contributed by atoms with Gasteiger partial charge in [-0.25, -0.2) is 18.1 Å². The molecule has 1 aromatic heterocycles. The van der Waals surface area contributed by atoms with Gasteiger partial charge in [0.25, 0.3) is 0 Å². The van der Waals surface area contributed by atoms with Crippen LogP contribution in [-0.4, -0.2) is 31.4 Å². The molecular weight excluding hydrogens is 342 g/mol. The minimum absolute atomic E-state index is 0.00758. The van der Waals surface area contributed by atoms with Gasteiger partial charge in [0, 0.05) is 11.9 Å². The van der Waals surface area contributed by atoms with Crippen LogP contribution in [0.4, 0.5) is 0 Å². The number of nitrogens with one attached hydrogen (secondary N) is 1. The van der Waals surface area contributed by atoms with Crippen LogP contribution in [0.5, 0.6) is 0 Å². The molecule has 0 radical (unpaired) electrons. The van der Waals surface area contributed by atoms with Gasteiger partial charge < -0.3 is 0 Å². The third-order valence-corrected chi connectivity index (χ3v) is 5.96. The predicted molar refractivity (Wildman–Crippen MR) is 99.4 cm³/mol. The minimum atomic E-state index is -3.37. The molecule has 24 heavy (non-hydrogen) atoms. The van der Waals surface area contributed by atoms with Crippen molar-refractivity contribution in [2.75, 3.05) is 13.1 Å². The largest absolute Gasteiger partial charge is 0.298 e. The van der Waals surface area contributed by atoms with Crippen LogP contribution in [0.15, 0.2) is 29.6 Å². The lowest BCUT2D eigenvalue weighted by Crippen LogP contribution is -2.25. The Balaban J connectivity index is 1.91. The zero-order valence-corrected chi connectivity index (χ0v) is 16.1. The molecule has 5 nitrogen and oxygen atoms in total. The summed E-state index contributed by atoms with van der Waals surface area (Å²) in [4.78, 5) is 6.80. The Bertz CT molecular complexity index is 753. The van der Waals surface area contributed by atoms with Crippen LogP contribution in [0.1, 0.15) is 35.7 Å². The number of aromatic nitrogens is 1. The summed E-state index contributed by atoms with van der Waals surface area (Å²) in [6.07, 6.45) is 0. The number of rotatable bonds is 9. The number of thiazole rings is 1. The summed E-state index contributed by atoms with van der Waals surface area (Å²) in [6, 6.07) is 7.56. The molecule has 0 saturated carbocycles. The maximum absolute atomic E-state index is 12.2. The number of hydrogen-bond donors (Lipinski definition) is 1. The van der Waals surface area contributed by atoms with Crippen molar-refractivity contribution in [3.63, 3.8) is 0 Å². The quantitative estimate of drug-likeness (QED) is 0.740. The van der Waals surface area contributed by atoms with E-state index < -0.39 is 10.0 Å². The molecule has 7 heteroatoms. The van der Waals surface area contributed by atoms with E-state index in [2.05, 4.69) is 28.5 Å². The highest BCUT2D eigenvalue weighted by molar-refractivity contribution is 7.88. The molecular formula is C17H25N3O2S2. The summed E-state index contributed by atoms with van der Waals surface area (Å²) in [5, 5.41) is 2.80. The molecule has 0 bridgehead atoms. The van der Waals surface area contributed by atoms with E-state index in [0.29, 0.717) is 0 Å². The zero-order chi connectivity index (χ0) is 17.6. The van der Waals surface area contributed by atoms with Crippen LogP contribution >= 0.6 is 11.3 Å². The fourth-order valence-corrected chi connectivity index (χ4v) is 4.32. The molecule has 0 fully saturated rings. The lowest BCUT2D eigenvalue weighted by molar-refractivity contribution is 0.292. The van der Waals surface area contributed by atoms with Crippen molar-refractivity contribution >= 4 is 21.4 Å². The molecule has 0 aliphatic rings. The Labute approximate surface area is 148 Å². The van der Waals surface area contributed by atoms with Crippen molar-refractivity contribution in [3.05, 3.63) is 51.5 Å². The smallest absolute Gasteiger partial charge is 0.216 e. The second kappa shape index (κ2) is 8.71. The number of sulfonamides is 1. The second-order valence-electron chi connectivity index (χ2n) is 5.76. The van der Waals surface area contributed by atoms with E-state index in [1.807, 2.05) is 36.6 Å². The van der Waals surface area contributed by atoms with Gasteiger partial charge >= 0.3 is 0 Å². The van der Waals surface area contributed by atoms with Gasteiger partial charge in [-0.3, -0.25) is 4.90 Å². The first-order valence-electron chi connectivity index (χ1n) is 8.10. The van der Waals surface area contributed by atoms with E-state index in [9.17, 15) is 8.42 Å². The third kappa shape index (κ3) is 5.98. The fraction of sp³-hybridized carbons (Fsp3) is 0.471. The van der Waals surface area contributed by atoms with E-state index in [4.69, 9.17) is 0 Å². The normalized spacial score (nSPS) is 12.0. The van der Waals surface area contributed by atoms with Crippen molar-refractivity contribution in [3.8, 4) is 0 Å². The van der Waals surface area contributed by atoms with Gasteiger partial charge in [0.1, 0.15) is 5.01 Å². The summed E-state index contributed by atoms with van der Waals surface area (Å²) in [6.45, 7) is 9.21. The van der Waals surface area contributed by atoms with Crippen LogP contribution < -0.4 is 4.72 Å². The first-order chi connectivity index (χ1) is 11.4. The number of nitrogens with zero attached hydrogens (tertiary/aromatic N) is 2. The van der Waals surface area contributed by atoms with Crippen molar-refractivity contribution in [2.45, 2.75) is 39.6 Å². The molecule has 1 aromatic carbocycles. The summed E-state index contributed by atoms with van der Waals surface area (Å²) in [5.74, 6) is -0.00758. The topological polar surface area (TPSA) is 62.3 Å². The van der Waals surface area contributed by atoms with Gasteiger partial charge in [-0.05, 0) is 25.6 Å². The Hall–Kier alpha value is -1.28. The highest BCUT2D eigenvalue weighted by Gasteiger charge is 2.13. The van der Waals surface area contributed by atoms with Crippen LogP contribution in [0.25, 0.3) is 0 Å². The van der Waals surface area contributed by atoms with Gasteiger partial charge in [0.05, 0.1) is 18.0 Å². The summed E-state index contributed by atoms with van der Waals surface area (Å²) < 4.78 is 27.1. The van der Waals surface area contributed by atoms with E-state index >= 15 is 0 Å². The molecule has 0 atom stereocenters. The molecule has 0 aliphatic heterocycles. The Morgan fingerprint density at radius 3 is 2.67 bits per heavy atom. The van der Waals surface area contributed by atoms with E-state index in [1.54, 1.807) is 0 Å². The molecule has 0 aliphatic carbocycles. The van der Waals surface area contributed by atoms with Gasteiger partial charge in [0.2, 0.25) is 10.0 Å². The Morgan fingerprint density at radius 2 is 2.00 bits per heavy atom. The molecule has 0 spiro atoms. The standard InChI is InChI=1S/C17H25N3O2S2/c1-4-20(5-2)11-16-12-23-17(19-16)10-18-24(21,22)13-15-8-6-7-14(3)9-15/h6-9,12,18H,4-5,10-11,13H2,1-3H3. The van der Waals surface area contributed by atoms with Crippen molar-refractivity contribution in [1.82, 2.24) is 14.6 Å². The zero-order valence-electron chi connectivity index (χ0n) is 14.4. The molecule has 1 N–H and O–H groups in total. The van der Waals surface area contributed by atoms with Crippen molar-refractivity contribution in [1.29, 1.82) is 0 Å². The molecule has 2 aromatic rings. The van der Waals surface area contributed by atoms with E-state index in [0.717, 1.165) is 41.5 Å². The highest BCUT2D eigenvalue weighted by atomic mass is 32.2. The van der Waals surface area contributed by atoms with Crippen LogP contribution in [0, 0.1) is 6.92 Å². The Morgan fingerprint density at radius 1 is 1.25 bits per heavy atom. The van der Waals surface area contributed by atoms with Crippen LogP contribution in [0.3, 0.4) is 0 Å². The highest BCUT2D eigenvalue weighted by Crippen LogP contribution is 2.13. The molecule has 1 heterocycles. The number of benzene rings is 1. The maximum Gasteiger partial charge on any atom is 0.216 e. The number of aryl methyl sites for hydroxylation is 1. The van der Waals surface area contributed by atoms with Gasteiger partial charge in [0.15, 0.2) is 0 Å². The summed E-state index contributed by atoms with van der Waals surface area (Å²) in [7, 11) is -3.37. The van der Waals surface area contributed by atoms with Crippen LogP contribution in [-0.2, 0) is 28.9 Å². The predicted octanol–water partition coefficient (Wildman–Crippen LogP) is 2.91. The van der Waals surface area contributed by atoms with Gasteiger partial charge in [-0.15, -0.1) is 11.3 Å². The SMILES string of the molecule is CCN(CC)Cc1csc(CNS(=O)(=O)Cc2cccc(C)c2)n1. The number of hydrogen-bond acceptors (Lipinski definition) is 5. The fourth-order valence-electron chi connectivity index (χ4n) is 2.42. The first-order valence-corrected chi connectivity index (χ1v) is 10.6. The van der Waals surface area contributed by atoms with Crippen molar-refractivity contribution < 1.29 is 8.42 Å². The Kier molecular flexibility index (Phi) is 6.91. The lowest BCUT2D eigenvalue weighted by atomic mass is 10.2. The van der Waals surface area contributed by atoms with Gasteiger partial charge in [-0.2, -0.15) is 0 Å². The van der Waals surface area contributed by atoms with E-state index in [1.165, 1.54) is 11.3 Å². The molecule has 0 unspecified atom stereocenters.